The molecule has 0 radical (unpaired) electrons. The SMILES string of the molecule is C#CCn1c(CNCC(C)C)cnc1C. The van der Waals surface area contributed by atoms with Crippen LogP contribution in [-0.4, -0.2) is 16.1 Å². The molecule has 0 fully saturated rings. The zero-order chi connectivity index (χ0) is 11.3. The van der Waals surface area contributed by atoms with Crippen LogP contribution in [0.3, 0.4) is 0 Å². The van der Waals surface area contributed by atoms with Crippen molar-refractivity contribution in [3.05, 3.63) is 17.7 Å². The fourth-order valence-electron chi connectivity index (χ4n) is 1.45. The van der Waals surface area contributed by atoms with E-state index in [1.165, 1.54) is 0 Å². The molecule has 1 aromatic rings. The van der Waals surface area contributed by atoms with Crippen molar-refractivity contribution >= 4 is 0 Å². The molecule has 0 bridgehead atoms. The normalized spacial score (nSPS) is 10.6. The lowest BCUT2D eigenvalue weighted by atomic mass is 10.2. The van der Waals surface area contributed by atoms with E-state index in [-0.39, 0.29) is 0 Å². The number of rotatable bonds is 5. The molecule has 0 saturated heterocycles. The molecular weight excluding hydrogens is 186 g/mol. The number of aromatic nitrogens is 2. The lowest BCUT2D eigenvalue weighted by Crippen LogP contribution is -2.21. The van der Waals surface area contributed by atoms with Crippen molar-refractivity contribution in [3.8, 4) is 12.3 Å². The highest BCUT2D eigenvalue weighted by Crippen LogP contribution is 2.04. The van der Waals surface area contributed by atoms with Gasteiger partial charge in [-0.25, -0.2) is 4.98 Å². The lowest BCUT2D eigenvalue weighted by molar-refractivity contribution is 0.539. The zero-order valence-electron chi connectivity index (χ0n) is 9.75. The average Bonchev–Trinajstić information content (AvgIpc) is 2.50. The highest BCUT2D eigenvalue weighted by Gasteiger charge is 2.04. The molecule has 0 aliphatic heterocycles. The van der Waals surface area contributed by atoms with Crippen molar-refractivity contribution in [2.75, 3.05) is 6.54 Å². The Hall–Kier alpha value is -1.27. The summed E-state index contributed by atoms with van der Waals surface area (Å²) in [7, 11) is 0. The standard InChI is InChI=1S/C12H19N3/c1-5-6-15-11(4)14-9-12(15)8-13-7-10(2)3/h1,9-10,13H,6-8H2,2-4H3. The molecule has 3 heteroatoms. The van der Waals surface area contributed by atoms with Gasteiger partial charge in [-0.3, -0.25) is 0 Å². The number of hydrogen-bond donors (Lipinski definition) is 1. The minimum Gasteiger partial charge on any atom is -0.319 e. The molecule has 0 aromatic carbocycles. The fourth-order valence-corrected chi connectivity index (χ4v) is 1.45. The van der Waals surface area contributed by atoms with Crippen molar-refractivity contribution < 1.29 is 0 Å². The van der Waals surface area contributed by atoms with E-state index in [2.05, 4.69) is 34.6 Å². The summed E-state index contributed by atoms with van der Waals surface area (Å²) in [6.45, 7) is 8.81. The van der Waals surface area contributed by atoms with E-state index in [0.29, 0.717) is 12.5 Å². The number of nitrogens with zero attached hydrogens (tertiary/aromatic N) is 2. The lowest BCUT2D eigenvalue weighted by Gasteiger charge is -2.09. The van der Waals surface area contributed by atoms with Gasteiger partial charge < -0.3 is 9.88 Å². The topological polar surface area (TPSA) is 29.9 Å². The molecule has 15 heavy (non-hydrogen) atoms. The van der Waals surface area contributed by atoms with E-state index in [0.717, 1.165) is 24.6 Å². The summed E-state index contributed by atoms with van der Waals surface area (Å²) in [6, 6.07) is 0. The van der Waals surface area contributed by atoms with Gasteiger partial charge in [0, 0.05) is 12.7 Å². The summed E-state index contributed by atoms with van der Waals surface area (Å²) in [5, 5.41) is 3.38. The molecule has 1 heterocycles. The molecule has 1 aromatic heterocycles. The highest BCUT2D eigenvalue weighted by atomic mass is 15.1. The first kappa shape index (κ1) is 11.8. The molecule has 0 unspecified atom stereocenters. The summed E-state index contributed by atoms with van der Waals surface area (Å²) >= 11 is 0. The Morgan fingerprint density at radius 2 is 2.33 bits per heavy atom. The Balaban J connectivity index is 2.57. The van der Waals surface area contributed by atoms with Gasteiger partial charge in [0.05, 0.1) is 12.2 Å². The van der Waals surface area contributed by atoms with Crippen LogP contribution in [0.25, 0.3) is 0 Å². The third-order valence-electron chi connectivity index (χ3n) is 2.25. The van der Waals surface area contributed by atoms with Crippen LogP contribution >= 0.6 is 0 Å². The number of hydrogen-bond acceptors (Lipinski definition) is 2. The predicted molar refractivity (Wildman–Crippen MR) is 62.3 cm³/mol. The molecule has 1 rings (SSSR count). The second-order valence-corrected chi connectivity index (χ2v) is 4.11. The molecule has 0 aliphatic carbocycles. The maximum absolute atomic E-state index is 5.32. The molecule has 3 nitrogen and oxygen atoms in total. The molecule has 1 N–H and O–H groups in total. The first-order chi connectivity index (χ1) is 7.15. The predicted octanol–water partition coefficient (Wildman–Crippen LogP) is 1.57. The Kier molecular flexibility index (Phi) is 4.38. The number of imidazole rings is 1. The third kappa shape index (κ3) is 3.41. The second kappa shape index (κ2) is 5.57. The zero-order valence-corrected chi connectivity index (χ0v) is 9.75. The number of aryl methyl sites for hydroxylation is 1. The van der Waals surface area contributed by atoms with Crippen LogP contribution in [0.2, 0.25) is 0 Å². The number of nitrogens with one attached hydrogen (secondary N) is 1. The third-order valence-corrected chi connectivity index (χ3v) is 2.25. The van der Waals surface area contributed by atoms with E-state index in [4.69, 9.17) is 6.42 Å². The first-order valence-corrected chi connectivity index (χ1v) is 5.30. The maximum Gasteiger partial charge on any atom is 0.106 e. The van der Waals surface area contributed by atoms with Crippen LogP contribution in [0.5, 0.6) is 0 Å². The minimum absolute atomic E-state index is 0.602. The van der Waals surface area contributed by atoms with Crippen molar-refractivity contribution in [1.29, 1.82) is 0 Å². The van der Waals surface area contributed by atoms with Gasteiger partial charge >= 0.3 is 0 Å². The van der Waals surface area contributed by atoms with Gasteiger partial charge in [0.25, 0.3) is 0 Å². The summed E-state index contributed by atoms with van der Waals surface area (Å²) < 4.78 is 2.06. The molecule has 0 spiro atoms. The van der Waals surface area contributed by atoms with E-state index < -0.39 is 0 Å². The van der Waals surface area contributed by atoms with Crippen molar-refractivity contribution in [2.24, 2.45) is 5.92 Å². The summed E-state index contributed by atoms with van der Waals surface area (Å²) in [5.41, 5.74) is 1.16. The van der Waals surface area contributed by atoms with E-state index in [1.54, 1.807) is 0 Å². The molecular formula is C12H19N3. The van der Waals surface area contributed by atoms with Crippen LogP contribution in [0, 0.1) is 25.2 Å². The van der Waals surface area contributed by atoms with Gasteiger partial charge in [0.2, 0.25) is 0 Å². The second-order valence-electron chi connectivity index (χ2n) is 4.11. The molecule has 0 saturated carbocycles. The van der Waals surface area contributed by atoms with Crippen molar-refractivity contribution in [2.45, 2.75) is 33.9 Å². The van der Waals surface area contributed by atoms with Crippen LogP contribution in [0.15, 0.2) is 6.20 Å². The van der Waals surface area contributed by atoms with Gasteiger partial charge in [-0.1, -0.05) is 19.8 Å². The molecule has 0 aliphatic rings. The Labute approximate surface area is 91.9 Å². The van der Waals surface area contributed by atoms with E-state index >= 15 is 0 Å². The van der Waals surface area contributed by atoms with Gasteiger partial charge in [-0.05, 0) is 19.4 Å². The summed E-state index contributed by atoms with van der Waals surface area (Å²) in [5.74, 6) is 4.29. The number of terminal acetylenes is 1. The van der Waals surface area contributed by atoms with E-state index in [1.807, 2.05) is 13.1 Å². The van der Waals surface area contributed by atoms with Gasteiger partial charge in [0.1, 0.15) is 5.82 Å². The van der Waals surface area contributed by atoms with Crippen LogP contribution < -0.4 is 5.32 Å². The van der Waals surface area contributed by atoms with E-state index in [9.17, 15) is 0 Å². The van der Waals surface area contributed by atoms with Crippen LogP contribution in [0.4, 0.5) is 0 Å². The Bertz CT molecular complexity index is 344. The average molecular weight is 205 g/mol. The summed E-state index contributed by atoms with van der Waals surface area (Å²) in [4.78, 5) is 4.26. The van der Waals surface area contributed by atoms with Crippen LogP contribution in [-0.2, 0) is 13.1 Å². The quantitative estimate of drug-likeness (QED) is 0.739. The van der Waals surface area contributed by atoms with Gasteiger partial charge in [-0.15, -0.1) is 6.42 Å². The Morgan fingerprint density at radius 3 is 2.93 bits per heavy atom. The van der Waals surface area contributed by atoms with Crippen molar-refractivity contribution in [3.63, 3.8) is 0 Å². The highest BCUT2D eigenvalue weighted by molar-refractivity contribution is 5.07. The largest absolute Gasteiger partial charge is 0.319 e. The Morgan fingerprint density at radius 1 is 1.60 bits per heavy atom. The van der Waals surface area contributed by atoms with Crippen LogP contribution in [0.1, 0.15) is 25.4 Å². The monoisotopic (exact) mass is 205 g/mol. The smallest absolute Gasteiger partial charge is 0.106 e. The molecule has 82 valence electrons. The van der Waals surface area contributed by atoms with Gasteiger partial charge in [0.15, 0.2) is 0 Å². The first-order valence-electron chi connectivity index (χ1n) is 5.30. The molecule has 0 amide bonds. The van der Waals surface area contributed by atoms with Gasteiger partial charge in [-0.2, -0.15) is 0 Å². The van der Waals surface area contributed by atoms with Crippen molar-refractivity contribution in [1.82, 2.24) is 14.9 Å². The summed E-state index contributed by atoms with van der Waals surface area (Å²) in [6.07, 6.45) is 7.20. The minimum atomic E-state index is 0.602. The fraction of sp³-hybridized carbons (Fsp3) is 0.583. The maximum atomic E-state index is 5.32. The molecule has 0 atom stereocenters.